The zero-order valence-electron chi connectivity index (χ0n) is 11.5. The van der Waals surface area contributed by atoms with Gasteiger partial charge in [0.25, 0.3) is 5.91 Å². The van der Waals surface area contributed by atoms with Gasteiger partial charge in [-0.15, -0.1) is 0 Å². The molecule has 3 aromatic rings. The number of amides is 1. The van der Waals surface area contributed by atoms with Crippen LogP contribution in [0.15, 0.2) is 53.4 Å². The van der Waals surface area contributed by atoms with Crippen LogP contribution in [0, 0.1) is 0 Å². The van der Waals surface area contributed by atoms with E-state index in [1.165, 1.54) is 12.4 Å². The number of hydrogen-bond acceptors (Lipinski definition) is 3. The Morgan fingerprint density at radius 3 is 2.78 bits per heavy atom. The van der Waals surface area contributed by atoms with E-state index in [4.69, 9.17) is 23.2 Å². The van der Waals surface area contributed by atoms with E-state index in [9.17, 15) is 4.79 Å². The summed E-state index contributed by atoms with van der Waals surface area (Å²) in [6, 6.07) is 8.89. The fourth-order valence-electron chi connectivity index (χ4n) is 1.94. The molecule has 0 aliphatic carbocycles. The number of carbonyl (C=O) groups excluding carboxylic acids is 1. The number of para-hydroxylation sites is 1. The van der Waals surface area contributed by atoms with Gasteiger partial charge in [0.05, 0.1) is 34.4 Å². The molecule has 2 aromatic heterocycles. The van der Waals surface area contributed by atoms with E-state index in [2.05, 4.69) is 31.3 Å². The normalized spacial score (nSPS) is 10.6. The summed E-state index contributed by atoms with van der Waals surface area (Å²) in [5.41, 5.74) is 1.51. The molecule has 116 valence electrons. The minimum atomic E-state index is -0.373. The molecule has 3 rings (SSSR count). The van der Waals surface area contributed by atoms with Crippen LogP contribution in [0.25, 0.3) is 5.69 Å². The number of carbonyl (C=O) groups is 1. The Morgan fingerprint density at radius 1 is 1.22 bits per heavy atom. The quantitative estimate of drug-likeness (QED) is 0.641. The van der Waals surface area contributed by atoms with E-state index >= 15 is 0 Å². The van der Waals surface area contributed by atoms with E-state index in [0.717, 1.165) is 5.69 Å². The maximum Gasteiger partial charge on any atom is 0.258 e. The molecule has 0 spiro atoms. The summed E-state index contributed by atoms with van der Waals surface area (Å²) in [6.07, 6.45) is 4.72. The molecular weight excluding hydrogens is 403 g/mol. The van der Waals surface area contributed by atoms with Gasteiger partial charge in [0, 0.05) is 10.7 Å². The van der Waals surface area contributed by atoms with Crippen LogP contribution in [-0.4, -0.2) is 20.7 Å². The van der Waals surface area contributed by atoms with E-state index in [1.54, 1.807) is 23.0 Å². The Labute approximate surface area is 150 Å². The summed E-state index contributed by atoms with van der Waals surface area (Å²) in [7, 11) is 0. The molecule has 0 bridgehead atoms. The van der Waals surface area contributed by atoms with Crippen molar-refractivity contribution in [2.45, 2.75) is 0 Å². The Balaban J connectivity index is 1.83. The van der Waals surface area contributed by atoms with Crippen LogP contribution in [0.1, 0.15) is 10.4 Å². The summed E-state index contributed by atoms with van der Waals surface area (Å²) in [5, 5.41) is 7.61. The molecule has 23 heavy (non-hydrogen) atoms. The van der Waals surface area contributed by atoms with Crippen molar-refractivity contribution in [1.82, 2.24) is 14.8 Å². The van der Waals surface area contributed by atoms with Gasteiger partial charge in [-0.05, 0) is 34.1 Å². The van der Waals surface area contributed by atoms with Gasteiger partial charge < -0.3 is 5.32 Å². The monoisotopic (exact) mass is 410 g/mol. The number of benzene rings is 1. The van der Waals surface area contributed by atoms with Crippen LogP contribution in [0.4, 0.5) is 5.69 Å². The highest BCUT2D eigenvalue weighted by Gasteiger charge is 2.14. The smallest absolute Gasteiger partial charge is 0.258 e. The Kier molecular flexibility index (Phi) is 4.66. The summed E-state index contributed by atoms with van der Waals surface area (Å²) in [5.74, 6) is -0.373. The Morgan fingerprint density at radius 2 is 2.00 bits per heavy atom. The molecule has 0 saturated heterocycles. The van der Waals surface area contributed by atoms with Crippen LogP contribution in [0.2, 0.25) is 10.2 Å². The third-order valence-corrected chi connectivity index (χ3v) is 4.04. The lowest BCUT2D eigenvalue weighted by Crippen LogP contribution is -2.12. The first-order valence-corrected chi connectivity index (χ1v) is 8.01. The van der Waals surface area contributed by atoms with Crippen molar-refractivity contribution in [1.29, 1.82) is 0 Å². The number of anilines is 1. The molecule has 2 heterocycles. The average Bonchev–Trinajstić information content (AvgIpc) is 2.98. The van der Waals surface area contributed by atoms with Crippen molar-refractivity contribution >= 4 is 50.7 Å². The number of hydrogen-bond donors (Lipinski definition) is 1. The van der Waals surface area contributed by atoms with Crippen molar-refractivity contribution in [3.8, 4) is 5.69 Å². The van der Waals surface area contributed by atoms with Gasteiger partial charge in [0.2, 0.25) is 0 Å². The molecule has 0 aliphatic heterocycles. The lowest BCUT2D eigenvalue weighted by molar-refractivity contribution is 0.102. The van der Waals surface area contributed by atoms with Crippen molar-refractivity contribution in [3.05, 3.63) is 69.1 Å². The molecule has 1 N–H and O–H groups in total. The van der Waals surface area contributed by atoms with Gasteiger partial charge in [-0.25, -0.2) is 9.67 Å². The second-order valence-electron chi connectivity index (χ2n) is 4.57. The number of rotatable bonds is 3. The zero-order valence-corrected chi connectivity index (χ0v) is 14.6. The number of pyridine rings is 1. The predicted octanol–water partition coefficient (Wildman–Crippen LogP) is 4.59. The van der Waals surface area contributed by atoms with Crippen LogP contribution in [0.3, 0.4) is 0 Å². The molecule has 5 nitrogen and oxygen atoms in total. The van der Waals surface area contributed by atoms with Crippen LogP contribution >= 0.6 is 39.1 Å². The molecule has 0 unspecified atom stereocenters. The predicted molar refractivity (Wildman–Crippen MR) is 93.5 cm³/mol. The second kappa shape index (κ2) is 6.70. The molecule has 1 aromatic carbocycles. The third-order valence-electron chi connectivity index (χ3n) is 2.99. The molecule has 0 aliphatic rings. The van der Waals surface area contributed by atoms with Crippen molar-refractivity contribution in [2.24, 2.45) is 0 Å². The van der Waals surface area contributed by atoms with E-state index < -0.39 is 0 Å². The first-order chi connectivity index (χ1) is 11.0. The first kappa shape index (κ1) is 16.0. The van der Waals surface area contributed by atoms with Crippen LogP contribution < -0.4 is 5.32 Å². The highest BCUT2D eigenvalue weighted by atomic mass is 79.9. The highest BCUT2D eigenvalue weighted by Crippen LogP contribution is 2.22. The maximum atomic E-state index is 12.3. The SMILES string of the molecule is O=C(Nc1cnn(-c2ccccc2Cl)c1)c1cc(Br)cnc1Cl. The molecule has 1 amide bonds. The van der Waals surface area contributed by atoms with Gasteiger partial charge in [-0.3, -0.25) is 4.79 Å². The second-order valence-corrected chi connectivity index (χ2v) is 6.25. The number of nitrogens with zero attached hydrogens (tertiary/aromatic N) is 3. The van der Waals surface area contributed by atoms with Gasteiger partial charge in [0.1, 0.15) is 5.15 Å². The van der Waals surface area contributed by atoms with Crippen molar-refractivity contribution in [2.75, 3.05) is 5.32 Å². The fraction of sp³-hybridized carbons (Fsp3) is 0. The Hall–Kier alpha value is -1.89. The number of nitrogens with one attached hydrogen (secondary N) is 1. The van der Waals surface area contributed by atoms with E-state index in [-0.39, 0.29) is 16.6 Å². The minimum absolute atomic E-state index is 0.129. The largest absolute Gasteiger partial charge is 0.319 e. The molecule has 0 fully saturated rings. The van der Waals surface area contributed by atoms with Gasteiger partial charge in [-0.2, -0.15) is 5.10 Å². The standard InChI is InChI=1S/C15H9BrCl2N4O/c16-9-5-11(14(18)19-6-9)15(23)21-10-7-20-22(8-10)13-4-2-1-3-12(13)17/h1-8H,(H,21,23). The summed E-state index contributed by atoms with van der Waals surface area (Å²) >= 11 is 15.3. The molecule has 0 atom stereocenters. The van der Waals surface area contributed by atoms with Crippen molar-refractivity contribution in [3.63, 3.8) is 0 Å². The summed E-state index contributed by atoms with van der Waals surface area (Å²) in [4.78, 5) is 16.2. The summed E-state index contributed by atoms with van der Waals surface area (Å²) < 4.78 is 2.25. The fourth-order valence-corrected chi connectivity index (χ4v) is 2.68. The molecular formula is C15H9BrCl2N4O. The highest BCUT2D eigenvalue weighted by molar-refractivity contribution is 9.10. The van der Waals surface area contributed by atoms with E-state index in [1.807, 2.05) is 18.2 Å². The molecule has 0 radical (unpaired) electrons. The third kappa shape index (κ3) is 3.55. The van der Waals surface area contributed by atoms with Crippen LogP contribution in [-0.2, 0) is 0 Å². The Bertz CT molecular complexity index is 881. The maximum absolute atomic E-state index is 12.3. The van der Waals surface area contributed by atoms with E-state index in [0.29, 0.717) is 15.2 Å². The van der Waals surface area contributed by atoms with Gasteiger partial charge in [0.15, 0.2) is 0 Å². The molecule has 8 heteroatoms. The van der Waals surface area contributed by atoms with Gasteiger partial charge >= 0.3 is 0 Å². The first-order valence-electron chi connectivity index (χ1n) is 6.46. The number of halogens is 3. The van der Waals surface area contributed by atoms with Gasteiger partial charge in [-0.1, -0.05) is 35.3 Å². The summed E-state index contributed by atoms with van der Waals surface area (Å²) in [6.45, 7) is 0. The lowest BCUT2D eigenvalue weighted by atomic mass is 10.2. The average molecular weight is 412 g/mol. The zero-order chi connectivity index (χ0) is 16.4. The topological polar surface area (TPSA) is 59.8 Å². The molecule has 0 saturated carbocycles. The lowest BCUT2D eigenvalue weighted by Gasteiger charge is -2.05. The minimum Gasteiger partial charge on any atom is -0.319 e. The van der Waals surface area contributed by atoms with Crippen molar-refractivity contribution < 1.29 is 4.79 Å². The number of aromatic nitrogens is 3. The van der Waals surface area contributed by atoms with Crippen LogP contribution in [0.5, 0.6) is 0 Å².